The monoisotopic (exact) mass is 332 g/mol. The van der Waals surface area contributed by atoms with Gasteiger partial charge in [0.1, 0.15) is 11.1 Å². The smallest absolute Gasteiger partial charge is 0.225 e. The van der Waals surface area contributed by atoms with Crippen molar-refractivity contribution in [3.8, 4) is 6.07 Å². The van der Waals surface area contributed by atoms with Gasteiger partial charge < -0.3 is 5.32 Å². The van der Waals surface area contributed by atoms with Crippen molar-refractivity contribution < 1.29 is 4.79 Å². The van der Waals surface area contributed by atoms with E-state index in [-0.39, 0.29) is 5.91 Å². The topological polar surface area (TPSA) is 52.9 Å². The maximum absolute atomic E-state index is 12.1. The first-order valence-electron chi connectivity index (χ1n) is 9.10. The van der Waals surface area contributed by atoms with Crippen LogP contribution >= 0.6 is 11.3 Å². The molecular weight excluding hydrogens is 304 g/mol. The number of aryl methyl sites for hydroxylation is 1. The summed E-state index contributed by atoms with van der Waals surface area (Å²) in [4.78, 5) is 13.5. The van der Waals surface area contributed by atoms with E-state index in [1.807, 2.05) is 0 Å². The molecule has 1 heterocycles. The SMILES string of the molecule is CCCCCCCC(=O)Nc1sc2c(c1C#N)CCCCCC2. The van der Waals surface area contributed by atoms with E-state index in [2.05, 4.69) is 18.3 Å². The van der Waals surface area contributed by atoms with E-state index < -0.39 is 0 Å². The van der Waals surface area contributed by atoms with Crippen LogP contribution < -0.4 is 5.32 Å². The number of thiophene rings is 1. The second-order valence-electron chi connectivity index (χ2n) is 6.45. The van der Waals surface area contributed by atoms with E-state index in [0.717, 1.165) is 42.7 Å². The van der Waals surface area contributed by atoms with Gasteiger partial charge in [0.05, 0.1) is 5.56 Å². The van der Waals surface area contributed by atoms with Crippen LogP contribution in [0.3, 0.4) is 0 Å². The summed E-state index contributed by atoms with van der Waals surface area (Å²) in [5, 5.41) is 13.3. The molecule has 1 aliphatic carbocycles. The van der Waals surface area contributed by atoms with Crippen molar-refractivity contribution >= 4 is 22.2 Å². The molecule has 126 valence electrons. The number of rotatable bonds is 7. The molecule has 1 N–H and O–H groups in total. The molecule has 0 radical (unpaired) electrons. The largest absolute Gasteiger partial charge is 0.317 e. The van der Waals surface area contributed by atoms with E-state index in [1.54, 1.807) is 11.3 Å². The Morgan fingerprint density at radius 3 is 2.61 bits per heavy atom. The number of hydrogen-bond donors (Lipinski definition) is 1. The second-order valence-corrected chi connectivity index (χ2v) is 7.55. The first-order chi connectivity index (χ1) is 11.3. The molecule has 0 atom stereocenters. The minimum atomic E-state index is 0.0622. The van der Waals surface area contributed by atoms with Crippen LogP contribution in [0.5, 0.6) is 0 Å². The lowest BCUT2D eigenvalue weighted by Gasteiger charge is -2.08. The zero-order valence-corrected chi connectivity index (χ0v) is 15.1. The van der Waals surface area contributed by atoms with Crippen molar-refractivity contribution in [2.45, 2.75) is 84.0 Å². The van der Waals surface area contributed by atoms with Gasteiger partial charge in [0.2, 0.25) is 5.91 Å². The lowest BCUT2D eigenvalue weighted by Crippen LogP contribution is -2.11. The molecule has 1 amide bonds. The molecule has 0 aliphatic heterocycles. The molecule has 0 spiro atoms. The van der Waals surface area contributed by atoms with Gasteiger partial charge >= 0.3 is 0 Å². The summed E-state index contributed by atoms with van der Waals surface area (Å²) in [5.41, 5.74) is 1.93. The quantitative estimate of drug-likeness (QED) is 0.663. The number of anilines is 1. The number of carbonyl (C=O) groups excluding carboxylic acids is 1. The number of carbonyl (C=O) groups is 1. The summed E-state index contributed by atoms with van der Waals surface area (Å²) in [6.45, 7) is 2.19. The van der Waals surface area contributed by atoms with Gasteiger partial charge in [-0.1, -0.05) is 45.4 Å². The van der Waals surface area contributed by atoms with Crippen LogP contribution in [0.15, 0.2) is 0 Å². The van der Waals surface area contributed by atoms with Crippen LogP contribution in [0.25, 0.3) is 0 Å². The van der Waals surface area contributed by atoms with Crippen LogP contribution in [0.2, 0.25) is 0 Å². The Kier molecular flexibility index (Phi) is 7.61. The van der Waals surface area contributed by atoms with Crippen molar-refractivity contribution in [1.82, 2.24) is 0 Å². The highest BCUT2D eigenvalue weighted by Gasteiger charge is 2.20. The van der Waals surface area contributed by atoms with Crippen LogP contribution in [0.4, 0.5) is 5.00 Å². The molecule has 0 saturated heterocycles. The van der Waals surface area contributed by atoms with Gasteiger partial charge in [-0.15, -0.1) is 11.3 Å². The van der Waals surface area contributed by atoms with Crippen molar-refractivity contribution in [3.05, 3.63) is 16.0 Å². The summed E-state index contributed by atoms with van der Waals surface area (Å²) in [7, 11) is 0. The molecule has 1 aromatic rings. The summed E-state index contributed by atoms with van der Waals surface area (Å²) < 4.78 is 0. The Hall–Kier alpha value is -1.34. The average molecular weight is 333 g/mol. The molecule has 1 aliphatic rings. The molecule has 0 fully saturated rings. The third kappa shape index (κ3) is 5.35. The van der Waals surface area contributed by atoms with Crippen molar-refractivity contribution in [2.24, 2.45) is 0 Å². The molecule has 23 heavy (non-hydrogen) atoms. The molecule has 0 saturated carbocycles. The molecule has 0 bridgehead atoms. The molecular formula is C19H28N2OS. The number of nitriles is 1. The zero-order valence-electron chi connectivity index (χ0n) is 14.2. The highest BCUT2D eigenvalue weighted by molar-refractivity contribution is 7.16. The summed E-state index contributed by atoms with van der Waals surface area (Å²) in [6.07, 6.45) is 13.2. The molecule has 3 nitrogen and oxygen atoms in total. The van der Waals surface area contributed by atoms with Crippen LogP contribution in [-0.2, 0) is 17.6 Å². The summed E-state index contributed by atoms with van der Waals surface area (Å²) in [5.74, 6) is 0.0622. The maximum Gasteiger partial charge on any atom is 0.225 e. The van der Waals surface area contributed by atoms with Crippen molar-refractivity contribution in [3.63, 3.8) is 0 Å². The third-order valence-corrected chi connectivity index (χ3v) is 5.75. The average Bonchev–Trinajstić information content (AvgIpc) is 2.83. The number of unbranched alkanes of at least 4 members (excludes halogenated alkanes) is 4. The predicted molar refractivity (Wildman–Crippen MR) is 96.9 cm³/mol. The van der Waals surface area contributed by atoms with Gasteiger partial charge in [0.25, 0.3) is 0 Å². The first-order valence-corrected chi connectivity index (χ1v) is 9.92. The second kappa shape index (κ2) is 9.72. The number of hydrogen-bond acceptors (Lipinski definition) is 3. The highest BCUT2D eigenvalue weighted by atomic mass is 32.1. The molecule has 1 aromatic heterocycles. The number of nitrogens with one attached hydrogen (secondary N) is 1. The molecule has 2 rings (SSSR count). The Balaban J connectivity index is 1.95. The number of amides is 1. The lowest BCUT2D eigenvalue weighted by molar-refractivity contribution is -0.116. The maximum atomic E-state index is 12.1. The Bertz CT molecular complexity index is 556. The van der Waals surface area contributed by atoms with Gasteiger partial charge in [0, 0.05) is 11.3 Å². The van der Waals surface area contributed by atoms with Gasteiger partial charge in [0.15, 0.2) is 0 Å². The van der Waals surface area contributed by atoms with Gasteiger partial charge in [-0.3, -0.25) is 4.79 Å². The van der Waals surface area contributed by atoms with Crippen LogP contribution in [-0.4, -0.2) is 5.91 Å². The van der Waals surface area contributed by atoms with E-state index >= 15 is 0 Å². The van der Waals surface area contributed by atoms with E-state index in [9.17, 15) is 10.1 Å². The van der Waals surface area contributed by atoms with E-state index in [4.69, 9.17) is 0 Å². The summed E-state index contributed by atoms with van der Waals surface area (Å²) in [6, 6.07) is 2.34. The Labute approximate surface area is 144 Å². The lowest BCUT2D eigenvalue weighted by atomic mass is 9.97. The minimum Gasteiger partial charge on any atom is -0.317 e. The van der Waals surface area contributed by atoms with Crippen molar-refractivity contribution in [1.29, 1.82) is 5.26 Å². The Morgan fingerprint density at radius 2 is 1.87 bits per heavy atom. The molecule has 0 aromatic carbocycles. The summed E-state index contributed by atoms with van der Waals surface area (Å²) >= 11 is 1.63. The fourth-order valence-electron chi connectivity index (χ4n) is 3.20. The molecule has 4 heteroatoms. The van der Waals surface area contributed by atoms with Gasteiger partial charge in [-0.25, -0.2) is 0 Å². The fourth-order valence-corrected chi connectivity index (χ4v) is 4.46. The van der Waals surface area contributed by atoms with Gasteiger partial charge in [-0.2, -0.15) is 5.26 Å². The third-order valence-electron chi connectivity index (χ3n) is 4.54. The van der Waals surface area contributed by atoms with Crippen LogP contribution in [0.1, 0.15) is 87.1 Å². The molecule has 0 unspecified atom stereocenters. The number of nitrogens with zero attached hydrogens (tertiary/aromatic N) is 1. The van der Waals surface area contributed by atoms with Gasteiger partial charge in [-0.05, 0) is 37.7 Å². The fraction of sp³-hybridized carbons (Fsp3) is 0.684. The zero-order chi connectivity index (χ0) is 16.5. The standard InChI is InChI=1S/C19H28N2OS/c1-2-3-4-5-10-13-18(22)21-19-16(14-20)15-11-8-6-7-9-12-17(15)23-19/h2-13H2,1H3,(H,21,22). The minimum absolute atomic E-state index is 0.0622. The van der Waals surface area contributed by atoms with E-state index in [1.165, 1.54) is 49.0 Å². The van der Waals surface area contributed by atoms with Crippen molar-refractivity contribution in [2.75, 3.05) is 5.32 Å². The Morgan fingerprint density at radius 1 is 1.13 bits per heavy atom. The number of fused-ring (bicyclic) bond motifs is 1. The predicted octanol–water partition coefficient (Wildman–Crippen LogP) is 5.58. The van der Waals surface area contributed by atoms with E-state index in [0.29, 0.717) is 6.42 Å². The highest BCUT2D eigenvalue weighted by Crippen LogP contribution is 2.36. The first kappa shape index (κ1) is 18.0. The van der Waals surface area contributed by atoms with Crippen LogP contribution in [0, 0.1) is 11.3 Å². The normalized spacial score (nSPS) is 14.4.